The number of benzene rings is 2. The third kappa shape index (κ3) is 2.64. The summed E-state index contributed by atoms with van der Waals surface area (Å²) >= 11 is 3.16. The molecule has 0 aliphatic carbocycles. The molecule has 0 fully saturated rings. The van der Waals surface area contributed by atoms with Crippen molar-refractivity contribution in [1.29, 1.82) is 0 Å². The lowest BCUT2D eigenvalue weighted by atomic mass is 10.2. The van der Waals surface area contributed by atoms with E-state index in [4.69, 9.17) is 4.52 Å². The maximum Gasteiger partial charge on any atom is 0.265 e. The standard InChI is InChI=1S/C14H7BrF2N2O2/c15-8-4-7(5-9(16)6-8)13-18-14(21-19-13)12-10(17)2-1-3-11(12)20/h1-6,20H. The second kappa shape index (κ2) is 5.25. The van der Waals surface area contributed by atoms with Gasteiger partial charge in [0.05, 0.1) is 0 Å². The summed E-state index contributed by atoms with van der Waals surface area (Å²) in [7, 11) is 0. The van der Waals surface area contributed by atoms with E-state index in [0.29, 0.717) is 10.0 Å². The van der Waals surface area contributed by atoms with Crippen molar-refractivity contribution in [1.82, 2.24) is 10.1 Å². The first-order valence-electron chi connectivity index (χ1n) is 5.82. The lowest BCUT2D eigenvalue weighted by molar-refractivity contribution is 0.421. The van der Waals surface area contributed by atoms with Crippen LogP contribution in [0.5, 0.6) is 5.75 Å². The van der Waals surface area contributed by atoms with Gasteiger partial charge in [-0.25, -0.2) is 8.78 Å². The molecule has 0 radical (unpaired) electrons. The van der Waals surface area contributed by atoms with Crippen LogP contribution in [0.25, 0.3) is 22.8 Å². The molecule has 0 bridgehead atoms. The minimum absolute atomic E-state index is 0.0906. The van der Waals surface area contributed by atoms with E-state index in [0.717, 1.165) is 6.07 Å². The number of aromatic hydroxyl groups is 1. The second-order valence-electron chi connectivity index (χ2n) is 4.22. The summed E-state index contributed by atoms with van der Waals surface area (Å²) in [6.07, 6.45) is 0. The topological polar surface area (TPSA) is 59.2 Å². The van der Waals surface area contributed by atoms with Gasteiger partial charge in [0.2, 0.25) is 5.82 Å². The normalized spacial score (nSPS) is 10.8. The molecule has 1 aromatic heterocycles. The highest BCUT2D eigenvalue weighted by Gasteiger charge is 2.18. The first kappa shape index (κ1) is 13.7. The average Bonchev–Trinajstić information content (AvgIpc) is 2.87. The van der Waals surface area contributed by atoms with Crippen LogP contribution in [0, 0.1) is 11.6 Å². The molecule has 0 amide bonds. The Bertz CT molecular complexity index is 780. The monoisotopic (exact) mass is 352 g/mol. The molecular weight excluding hydrogens is 346 g/mol. The van der Waals surface area contributed by atoms with Crippen LogP contribution in [0.3, 0.4) is 0 Å². The summed E-state index contributed by atoms with van der Waals surface area (Å²) in [5.74, 6) is -1.57. The van der Waals surface area contributed by atoms with Crippen LogP contribution in [0.4, 0.5) is 8.78 Å². The molecule has 4 nitrogen and oxygen atoms in total. The number of nitrogens with zero attached hydrogens (tertiary/aromatic N) is 2. The largest absolute Gasteiger partial charge is 0.507 e. The molecule has 2 aromatic carbocycles. The second-order valence-corrected chi connectivity index (χ2v) is 5.13. The molecule has 0 unspecified atom stereocenters. The predicted molar refractivity (Wildman–Crippen MR) is 74.5 cm³/mol. The third-order valence-electron chi connectivity index (χ3n) is 2.75. The molecule has 0 aliphatic heterocycles. The molecule has 0 saturated carbocycles. The number of rotatable bonds is 2. The van der Waals surface area contributed by atoms with Crippen molar-refractivity contribution >= 4 is 15.9 Å². The predicted octanol–water partition coefficient (Wildman–Crippen LogP) is 4.15. The van der Waals surface area contributed by atoms with Gasteiger partial charge < -0.3 is 9.63 Å². The van der Waals surface area contributed by atoms with Gasteiger partial charge in [0.15, 0.2) is 0 Å². The van der Waals surface area contributed by atoms with E-state index in [9.17, 15) is 13.9 Å². The first-order chi connectivity index (χ1) is 10.0. The molecule has 106 valence electrons. The van der Waals surface area contributed by atoms with E-state index in [1.807, 2.05) is 0 Å². The summed E-state index contributed by atoms with van der Waals surface area (Å²) < 4.78 is 32.5. The highest BCUT2D eigenvalue weighted by atomic mass is 79.9. The lowest BCUT2D eigenvalue weighted by Gasteiger charge is -1.99. The zero-order chi connectivity index (χ0) is 15.0. The van der Waals surface area contributed by atoms with E-state index >= 15 is 0 Å². The molecule has 3 aromatic rings. The van der Waals surface area contributed by atoms with Gasteiger partial charge in [-0.3, -0.25) is 0 Å². The zero-order valence-corrected chi connectivity index (χ0v) is 11.9. The summed E-state index contributed by atoms with van der Waals surface area (Å²) in [6, 6.07) is 7.93. The van der Waals surface area contributed by atoms with Crippen molar-refractivity contribution in [2.45, 2.75) is 0 Å². The van der Waals surface area contributed by atoms with Crippen LogP contribution in [-0.2, 0) is 0 Å². The minimum atomic E-state index is -0.689. The van der Waals surface area contributed by atoms with E-state index in [1.165, 1.54) is 24.3 Å². The van der Waals surface area contributed by atoms with Crippen molar-refractivity contribution in [3.63, 3.8) is 0 Å². The highest BCUT2D eigenvalue weighted by molar-refractivity contribution is 9.10. The van der Waals surface area contributed by atoms with Crippen LogP contribution in [0.2, 0.25) is 0 Å². The van der Waals surface area contributed by atoms with E-state index in [1.54, 1.807) is 6.07 Å². The molecule has 1 N–H and O–H groups in total. The zero-order valence-electron chi connectivity index (χ0n) is 10.3. The van der Waals surface area contributed by atoms with Gasteiger partial charge in [-0.15, -0.1) is 0 Å². The van der Waals surface area contributed by atoms with Gasteiger partial charge in [0.1, 0.15) is 22.9 Å². The first-order valence-corrected chi connectivity index (χ1v) is 6.62. The third-order valence-corrected chi connectivity index (χ3v) is 3.21. The van der Waals surface area contributed by atoms with Gasteiger partial charge in [-0.2, -0.15) is 4.98 Å². The molecule has 0 saturated heterocycles. The van der Waals surface area contributed by atoms with Crippen molar-refractivity contribution in [2.75, 3.05) is 0 Å². The number of halogens is 3. The molecule has 0 atom stereocenters. The molecule has 0 aliphatic rings. The summed E-state index contributed by atoms with van der Waals surface area (Å²) in [5.41, 5.74) is 0.180. The van der Waals surface area contributed by atoms with Crippen molar-refractivity contribution in [2.24, 2.45) is 0 Å². The van der Waals surface area contributed by atoms with E-state index in [2.05, 4.69) is 26.1 Å². The van der Waals surface area contributed by atoms with Crippen LogP contribution < -0.4 is 0 Å². The van der Waals surface area contributed by atoms with E-state index < -0.39 is 11.6 Å². The number of phenolic OH excluding ortho intramolecular Hbond substituents is 1. The molecule has 3 rings (SSSR count). The molecular formula is C14H7BrF2N2O2. The number of aromatic nitrogens is 2. The fourth-order valence-electron chi connectivity index (χ4n) is 1.85. The highest BCUT2D eigenvalue weighted by Crippen LogP contribution is 2.32. The van der Waals surface area contributed by atoms with Gasteiger partial charge in [-0.05, 0) is 30.3 Å². The SMILES string of the molecule is Oc1cccc(F)c1-c1nc(-c2cc(F)cc(Br)c2)no1. The van der Waals surface area contributed by atoms with Crippen LogP contribution in [0.1, 0.15) is 0 Å². The van der Waals surface area contributed by atoms with Gasteiger partial charge in [0.25, 0.3) is 5.89 Å². The molecule has 1 heterocycles. The van der Waals surface area contributed by atoms with E-state index in [-0.39, 0.29) is 23.0 Å². The van der Waals surface area contributed by atoms with Crippen LogP contribution >= 0.6 is 15.9 Å². The Labute approximate surface area is 126 Å². The number of hydrogen-bond acceptors (Lipinski definition) is 4. The maximum atomic E-state index is 13.7. The maximum absolute atomic E-state index is 13.7. The summed E-state index contributed by atoms with van der Waals surface area (Å²) in [4.78, 5) is 3.99. The lowest BCUT2D eigenvalue weighted by Crippen LogP contribution is -1.86. The van der Waals surface area contributed by atoms with Crippen molar-refractivity contribution in [3.05, 3.63) is 52.5 Å². The molecule has 21 heavy (non-hydrogen) atoms. The molecule has 0 spiro atoms. The Morgan fingerprint density at radius 3 is 2.67 bits per heavy atom. The number of hydrogen-bond donors (Lipinski definition) is 1. The summed E-state index contributed by atoms with van der Waals surface area (Å²) in [5, 5.41) is 13.4. The Balaban J connectivity index is 2.08. The number of phenols is 1. The fourth-order valence-corrected chi connectivity index (χ4v) is 2.31. The van der Waals surface area contributed by atoms with Crippen LogP contribution in [-0.4, -0.2) is 15.2 Å². The summed E-state index contributed by atoms with van der Waals surface area (Å²) in [6.45, 7) is 0. The Morgan fingerprint density at radius 1 is 1.14 bits per heavy atom. The Kier molecular flexibility index (Phi) is 3.42. The quantitative estimate of drug-likeness (QED) is 0.752. The van der Waals surface area contributed by atoms with Crippen molar-refractivity contribution in [3.8, 4) is 28.6 Å². The molecule has 7 heteroatoms. The fraction of sp³-hybridized carbons (Fsp3) is 0. The van der Waals surface area contributed by atoms with Crippen molar-refractivity contribution < 1.29 is 18.4 Å². The van der Waals surface area contributed by atoms with Gasteiger partial charge in [-0.1, -0.05) is 27.2 Å². The Hall–Kier alpha value is -2.28. The Morgan fingerprint density at radius 2 is 1.95 bits per heavy atom. The van der Waals surface area contributed by atoms with Gasteiger partial charge in [0, 0.05) is 10.0 Å². The smallest absolute Gasteiger partial charge is 0.265 e. The van der Waals surface area contributed by atoms with Crippen LogP contribution in [0.15, 0.2) is 45.4 Å². The minimum Gasteiger partial charge on any atom is -0.507 e. The van der Waals surface area contributed by atoms with Gasteiger partial charge >= 0.3 is 0 Å². The average molecular weight is 353 g/mol.